The van der Waals surface area contributed by atoms with Crippen molar-refractivity contribution in [1.82, 2.24) is 4.57 Å². The Bertz CT molecular complexity index is 6390. The van der Waals surface area contributed by atoms with Crippen molar-refractivity contribution in [3.63, 3.8) is 0 Å². The number of fused-ring (bicyclic) bond motifs is 7. The summed E-state index contributed by atoms with van der Waals surface area (Å²) in [7, 11) is 0. The largest absolute Gasteiger partial charge is 0.314 e. The molecule has 0 bridgehead atoms. The van der Waals surface area contributed by atoms with E-state index in [0.717, 1.165) is 42.7 Å². The first-order valence-corrected chi connectivity index (χ1v) is 37.9. The van der Waals surface area contributed by atoms with Crippen LogP contribution in [0.3, 0.4) is 0 Å². The molecule has 2 unspecified atom stereocenters. The second-order valence-corrected chi connectivity index (χ2v) is 31.1. The summed E-state index contributed by atoms with van der Waals surface area (Å²) in [4.78, 5) is 7.44. The summed E-state index contributed by atoms with van der Waals surface area (Å²) < 4.78 is 2.73. The molecular weight excluding hydrogens is 1280 g/mol. The van der Waals surface area contributed by atoms with E-state index in [-0.39, 0.29) is 16.7 Å². The number of nitrogens with zero attached hydrogens (tertiary/aromatic N) is 4. The minimum absolute atomic E-state index is 0.150. The Morgan fingerprint density at radius 2 is 0.792 bits per heavy atom. The van der Waals surface area contributed by atoms with Crippen LogP contribution >= 0.6 is 0 Å². The van der Waals surface area contributed by atoms with Crippen LogP contribution in [0.2, 0.25) is 0 Å². The van der Waals surface area contributed by atoms with Crippen LogP contribution < -0.4 is 14.7 Å². The summed E-state index contributed by atoms with van der Waals surface area (Å²) in [5, 5.41) is 15.0. The van der Waals surface area contributed by atoms with Crippen molar-refractivity contribution in [2.75, 3.05) is 14.7 Å². The zero-order valence-corrected chi connectivity index (χ0v) is 60.1. The van der Waals surface area contributed by atoms with Crippen LogP contribution in [0, 0.1) is 5.92 Å². The molecule has 0 N–H and O–H groups in total. The van der Waals surface area contributed by atoms with E-state index in [0.29, 0.717) is 5.92 Å². The van der Waals surface area contributed by atoms with Crippen molar-refractivity contribution in [2.45, 2.75) is 70.1 Å². The third kappa shape index (κ3) is 10.0. The highest BCUT2D eigenvalue weighted by atomic mass is 15.2. The monoisotopic (exact) mass is 1360 g/mol. The molecule has 0 spiro atoms. The van der Waals surface area contributed by atoms with Gasteiger partial charge in [0.25, 0.3) is 0 Å². The summed E-state index contributed by atoms with van der Waals surface area (Å²) in [5.74, 6) is 0.554. The zero-order chi connectivity index (χ0) is 70.5. The predicted octanol–water partition coefficient (Wildman–Crippen LogP) is 27.3. The van der Waals surface area contributed by atoms with Crippen LogP contribution in [-0.2, 0) is 10.8 Å². The Labute approximate surface area is 619 Å². The lowest BCUT2D eigenvalue weighted by Crippen LogP contribution is -2.34. The molecule has 6 aliphatic rings. The lowest BCUT2D eigenvalue weighted by molar-refractivity contribution is 0.592. The number of anilines is 6. The molecule has 2 aliphatic heterocycles. The molecule has 2 atom stereocenters. The molecule has 0 saturated carbocycles. The molecule has 15 aromatic rings. The van der Waals surface area contributed by atoms with Gasteiger partial charge in [-0.25, -0.2) is 0 Å². The van der Waals surface area contributed by atoms with Gasteiger partial charge in [0.05, 0.1) is 16.7 Å². The molecule has 4 heteroatoms. The first-order chi connectivity index (χ1) is 52.0. The molecule has 506 valence electrons. The Balaban J connectivity index is 0.714. The second kappa shape index (κ2) is 24.0. The standard InChI is InChI=1S/C102H78N4/c1-101(2)94-61-80(71-29-41-83(42-30-71)103(86-47-35-65-17-5-11-23-74(65)53-86)87-48-36-66-18-6-12-24-75(66)54-87)59-92-93-60-81(72-31-43-84(44-32-72)104(88-49-37-67-19-7-13-25-76(67)55-88)89-50-38-68-20-8-14-26-77(68)56-89)62-95-99(93)106(98(92)94)100-96(101)63-82(64-97(100)102(95,3)4)73-33-45-85(46-34-73)105(90-51-39-69-21-9-15-27-78(69)57-90)91-52-40-70-22-10-16-28-79(70)58-91/h5-31,33,35-37,39-45,47-64,68,72H,32,34,38,46H2,1-4H3. The summed E-state index contributed by atoms with van der Waals surface area (Å²) >= 11 is 0. The van der Waals surface area contributed by atoms with Crippen LogP contribution in [0.15, 0.2) is 362 Å². The first-order valence-electron chi connectivity index (χ1n) is 37.9. The van der Waals surface area contributed by atoms with Gasteiger partial charge in [0.1, 0.15) is 0 Å². The van der Waals surface area contributed by atoms with Gasteiger partial charge in [-0.3, -0.25) is 0 Å². The zero-order valence-electron chi connectivity index (χ0n) is 60.1. The van der Waals surface area contributed by atoms with Crippen molar-refractivity contribution < 1.29 is 0 Å². The molecule has 21 rings (SSSR count). The fraction of sp³-hybridized carbons (Fsp3) is 0.118. The lowest BCUT2D eigenvalue weighted by Gasteiger charge is -2.43. The topological polar surface area (TPSA) is 14.7 Å². The minimum atomic E-state index is -0.379. The first kappa shape index (κ1) is 62.1. The van der Waals surface area contributed by atoms with E-state index >= 15 is 0 Å². The predicted molar refractivity (Wildman–Crippen MR) is 449 cm³/mol. The molecule has 3 heterocycles. The van der Waals surface area contributed by atoms with Gasteiger partial charge in [0.15, 0.2) is 0 Å². The molecule has 4 nitrogen and oxygen atoms in total. The molecule has 4 aliphatic carbocycles. The van der Waals surface area contributed by atoms with Gasteiger partial charge in [-0.05, 0) is 257 Å². The molecular formula is C102H78N4. The summed E-state index contributed by atoms with van der Waals surface area (Å²) in [6.45, 7) is 10.0. The van der Waals surface area contributed by atoms with Gasteiger partial charge < -0.3 is 19.3 Å². The normalized spacial score (nSPS) is 17.2. The molecule has 106 heavy (non-hydrogen) atoms. The van der Waals surface area contributed by atoms with E-state index in [4.69, 9.17) is 0 Å². The number of aromatic nitrogens is 1. The Morgan fingerprint density at radius 1 is 0.340 bits per heavy atom. The van der Waals surface area contributed by atoms with E-state index in [1.165, 1.54) is 171 Å². The van der Waals surface area contributed by atoms with Crippen molar-refractivity contribution >= 4 is 115 Å². The van der Waals surface area contributed by atoms with Gasteiger partial charge in [0.2, 0.25) is 0 Å². The van der Waals surface area contributed by atoms with E-state index in [2.05, 4.69) is 387 Å². The molecule has 0 fully saturated rings. The summed E-state index contributed by atoms with van der Waals surface area (Å²) in [5.41, 5.74) is 27.2. The van der Waals surface area contributed by atoms with Gasteiger partial charge >= 0.3 is 0 Å². The van der Waals surface area contributed by atoms with Crippen molar-refractivity contribution in [1.29, 1.82) is 0 Å². The highest BCUT2D eigenvalue weighted by Crippen LogP contribution is 2.58. The summed E-state index contributed by atoms with van der Waals surface area (Å²) in [6.07, 6.45) is 29.8. The van der Waals surface area contributed by atoms with Crippen LogP contribution in [0.5, 0.6) is 0 Å². The third-order valence-corrected chi connectivity index (χ3v) is 24.3. The van der Waals surface area contributed by atoms with Crippen LogP contribution in [-0.4, -0.2) is 4.57 Å². The quantitative estimate of drug-likeness (QED) is 0.121. The van der Waals surface area contributed by atoms with Crippen LogP contribution in [0.1, 0.15) is 92.7 Å². The second-order valence-electron chi connectivity index (χ2n) is 31.1. The Morgan fingerprint density at radius 3 is 1.29 bits per heavy atom. The van der Waals surface area contributed by atoms with Crippen molar-refractivity contribution in [3.05, 3.63) is 396 Å². The van der Waals surface area contributed by atoms with Crippen LogP contribution in [0.4, 0.5) is 34.1 Å². The number of benzene rings is 14. The molecule has 14 aromatic carbocycles. The molecule has 0 amide bonds. The smallest absolute Gasteiger partial charge is 0.0582 e. The van der Waals surface area contributed by atoms with Gasteiger partial charge in [-0.2, -0.15) is 0 Å². The van der Waals surface area contributed by atoms with Gasteiger partial charge in [-0.1, -0.05) is 246 Å². The molecule has 1 aromatic heterocycles. The van der Waals surface area contributed by atoms with E-state index in [9.17, 15) is 0 Å². The Kier molecular flexibility index (Phi) is 14.1. The van der Waals surface area contributed by atoms with E-state index < -0.39 is 0 Å². The molecule has 0 radical (unpaired) electrons. The van der Waals surface area contributed by atoms with Crippen molar-refractivity contribution in [2.24, 2.45) is 5.92 Å². The number of allylic oxidation sites excluding steroid dienone is 14. The number of hydrogen-bond acceptors (Lipinski definition) is 3. The molecule has 0 saturated heterocycles. The summed E-state index contributed by atoms with van der Waals surface area (Å²) in [6, 6.07) is 103. The average Bonchev–Trinajstić information content (AvgIpc) is 1.47. The van der Waals surface area contributed by atoms with Gasteiger partial charge in [-0.15, -0.1) is 0 Å². The average molecular weight is 1360 g/mol. The lowest BCUT2D eigenvalue weighted by atomic mass is 9.67. The fourth-order valence-corrected chi connectivity index (χ4v) is 18.6. The maximum Gasteiger partial charge on any atom is 0.0582 e. The maximum absolute atomic E-state index is 2.73. The van der Waals surface area contributed by atoms with Gasteiger partial charge in [0, 0.05) is 84.7 Å². The Hall–Kier alpha value is -12.5. The fourth-order valence-electron chi connectivity index (χ4n) is 18.6. The number of rotatable bonds is 12. The third-order valence-electron chi connectivity index (χ3n) is 24.3. The number of hydrogen-bond donors (Lipinski definition) is 0. The highest BCUT2D eigenvalue weighted by molar-refractivity contribution is 6.16. The SMILES string of the molecule is CC1(C)c2cc(C3=CC=C(N(c4ccc5ccccc5c4)c4ccc5ccccc5c4)CC3)cc3c2-n2c4c1cc(-c1ccc(N(c5ccc6ccccc6c5)c5ccc6ccccc6c5)cc1)cc4c1cc(C4C=CC(N(C5=CCC6C=CC=CC6=C5)c5ccc6ccccc6c5)=CC4)cc(c12)C3(C)C. The maximum atomic E-state index is 2.73. The van der Waals surface area contributed by atoms with E-state index in [1.54, 1.807) is 0 Å². The van der Waals surface area contributed by atoms with E-state index in [1.807, 2.05) is 0 Å². The van der Waals surface area contributed by atoms with Crippen LogP contribution in [0.25, 0.3) is 98.1 Å². The minimum Gasteiger partial charge on any atom is -0.314 e. The highest BCUT2D eigenvalue weighted by Gasteiger charge is 2.45. The van der Waals surface area contributed by atoms with Crippen molar-refractivity contribution in [3.8, 4) is 16.8 Å².